The maximum absolute atomic E-state index is 10.5. The minimum Gasteiger partial charge on any atom is -0.548 e. The van der Waals surface area contributed by atoms with Crippen LogP contribution in [0, 0.1) is 16.7 Å². The molecule has 60 valence electrons. The quantitative estimate of drug-likeness (QED) is 0.399. The van der Waals surface area contributed by atoms with Crippen LogP contribution in [0.1, 0.15) is 12.8 Å². The van der Waals surface area contributed by atoms with Gasteiger partial charge in [-0.2, -0.15) is 5.26 Å². The van der Waals surface area contributed by atoms with Crippen molar-refractivity contribution < 1.29 is 66.0 Å². The van der Waals surface area contributed by atoms with Gasteiger partial charge in [-0.1, -0.05) is 0 Å². The molecule has 0 saturated carbocycles. The summed E-state index contributed by atoms with van der Waals surface area (Å²) in [6.07, 6.45) is 0.484. The molecule has 0 spiro atoms. The molecule has 4 nitrogen and oxygen atoms in total. The summed E-state index contributed by atoms with van der Waals surface area (Å²) in [6.45, 7) is 0.670. The third-order valence-corrected chi connectivity index (χ3v) is 1.95. The third kappa shape index (κ3) is 2.52. The first-order chi connectivity index (χ1) is 5.21. The molecule has 1 aliphatic rings. The molecule has 0 amide bonds. The average molecular weight is 193 g/mol. The number of aliphatic carboxylic acids is 1. The van der Waals surface area contributed by atoms with Crippen LogP contribution in [0.15, 0.2) is 0 Å². The Morgan fingerprint density at radius 3 is 2.25 bits per heavy atom. The monoisotopic (exact) mass is 193 g/mol. The zero-order chi connectivity index (χ0) is 8.32. The van der Waals surface area contributed by atoms with Gasteiger partial charge < -0.3 is 14.6 Å². The predicted octanol–water partition coefficient (Wildman–Crippen LogP) is -3.94. The molecule has 0 aromatic heterocycles. The van der Waals surface area contributed by atoms with Crippen LogP contribution in [0.3, 0.4) is 0 Å². The first-order valence-electron chi connectivity index (χ1n) is 3.42. The van der Waals surface area contributed by atoms with Gasteiger partial charge in [-0.25, -0.2) is 0 Å². The fourth-order valence-corrected chi connectivity index (χ4v) is 1.08. The second-order valence-corrected chi connectivity index (χ2v) is 2.59. The molecule has 1 aliphatic heterocycles. The first kappa shape index (κ1) is 12.6. The molecular weight excluding hydrogens is 185 g/mol. The van der Waals surface area contributed by atoms with E-state index in [0.29, 0.717) is 13.2 Å². The summed E-state index contributed by atoms with van der Waals surface area (Å²) < 4.78 is 4.93. The maximum atomic E-state index is 10.5. The molecule has 0 N–H and O–H groups in total. The fraction of sp³-hybridized carbons (Fsp3) is 0.714. The van der Waals surface area contributed by atoms with Gasteiger partial charge in [0.15, 0.2) is 0 Å². The number of hydrogen-bond acceptors (Lipinski definition) is 4. The molecule has 1 heterocycles. The van der Waals surface area contributed by atoms with Gasteiger partial charge in [0.1, 0.15) is 5.41 Å². The van der Waals surface area contributed by atoms with Gasteiger partial charge in [0.05, 0.1) is 12.0 Å². The van der Waals surface area contributed by atoms with Gasteiger partial charge >= 0.3 is 51.4 Å². The van der Waals surface area contributed by atoms with Crippen molar-refractivity contribution in [1.82, 2.24) is 0 Å². The molecule has 0 aromatic rings. The summed E-state index contributed by atoms with van der Waals surface area (Å²) >= 11 is 0. The van der Waals surface area contributed by atoms with Crippen molar-refractivity contribution in [3.63, 3.8) is 0 Å². The zero-order valence-corrected chi connectivity index (χ0v) is 10.1. The van der Waals surface area contributed by atoms with E-state index in [-0.39, 0.29) is 64.2 Å². The van der Waals surface area contributed by atoms with Gasteiger partial charge in [0, 0.05) is 13.2 Å². The number of hydrogen-bond donors (Lipinski definition) is 0. The maximum Gasteiger partial charge on any atom is 1.00 e. The second-order valence-electron chi connectivity index (χ2n) is 2.59. The Balaban J connectivity index is 0.00000121. The first-order valence-corrected chi connectivity index (χ1v) is 3.42. The predicted molar refractivity (Wildman–Crippen MR) is 33.1 cm³/mol. The van der Waals surface area contributed by atoms with E-state index in [4.69, 9.17) is 10.00 Å². The van der Waals surface area contributed by atoms with Crippen molar-refractivity contribution in [2.45, 2.75) is 12.8 Å². The molecule has 1 saturated heterocycles. The minimum atomic E-state index is -1.29. The fourth-order valence-electron chi connectivity index (χ4n) is 1.08. The Labute approximate surface area is 113 Å². The van der Waals surface area contributed by atoms with Crippen LogP contribution in [-0.4, -0.2) is 19.2 Å². The molecule has 0 bridgehead atoms. The number of rotatable bonds is 1. The summed E-state index contributed by atoms with van der Waals surface area (Å²) in [6, 6.07) is 1.77. The third-order valence-electron chi connectivity index (χ3n) is 1.95. The number of nitrogens with zero attached hydrogens (tertiary/aromatic N) is 1. The van der Waals surface area contributed by atoms with Crippen molar-refractivity contribution in [3.8, 4) is 6.07 Å². The Hall–Kier alpha value is 0.556. The minimum absolute atomic E-state index is 0. The molecule has 0 atom stereocenters. The molecule has 0 unspecified atom stereocenters. The number of carboxylic acids is 1. The topological polar surface area (TPSA) is 73.2 Å². The molecular formula is C7H8KNO3. The summed E-state index contributed by atoms with van der Waals surface area (Å²) in [4.78, 5) is 10.5. The van der Waals surface area contributed by atoms with Gasteiger partial charge in [-0.3, -0.25) is 0 Å². The molecule has 0 aliphatic carbocycles. The number of carbonyl (C=O) groups excluding carboxylic acids is 1. The van der Waals surface area contributed by atoms with Crippen molar-refractivity contribution in [3.05, 3.63) is 0 Å². The molecule has 0 aromatic carbocycles. The van der Waals surface area contributed by atoms with E-state index in [2.05, 4.69) is 0 Å². The van der Waals surface area contributed by atoms with E-state index < -0.39 is 11.4 Å². The summed E-state index contributed by atoms with van der Waals surface area (Å²) in [5.41, 5.74) is -1.29. The summed E-state index contributed by atoms with van der Waals surface area (Å²) in [5.74, 6) is -1.27. The van der Waals surface area contributed by atoms with Crippen LogP contribution in [0.5, 0.6) is 0 Å². The van der Waals surface area contributed by atoms with Crippen LogP contribution < -0.4 is 56.5 Å². The average Bonchev–Trinajstić information content (AvgIpc) is 2.05. The summed E-state index contributed by atoms with van der Waals surface area (Å²) in [7, 11) is 0. The van der Waals surface area contributed by atoms with E-state index in [1.165, 1.54) is 0 Å². The molecule has 12 heavy (non-hydrogen) atoms. The van der Waals surface area contributed by atoms with Crippen molar-refractivity contribution in [1.29, 1.82) is 5.26 Å². The SMILES string of the molecule is N#CC1(C(=O)[O-])CCOCC1.[K+]. The van der Waals surface area contributed by atoms with E-state index in [0.717, 1.165) is 0 Å². The van der Waals surface area contributed by atoms with E-state index in [1.807, 2.05) is 0 Å². The summed E-state index contributed by atoms with van der Waals surface area (Å²) in [5, 5.41) is 19.1. The Morgan fingerprint density at radius 1 is 1.50 bits per heavy atom. The van der Waals surface area contributed by atoms with Crippen molar-refractivity contribution >= 4 is 5.97 Å². The Morgan fingerprint density at radius 2 is 2.00 bits per heavy atom. The smallest absolute Gasteiger partial charge is 0.548 e. The van der Waals surface area contributed by atoms with E-state index >= 15 is 0 Å². The van der Waals surface area contributed by atoms with Crippen LogP contribution in [-0.2, 0) is 9.53 Å². The number of carboxylic acid groups (broad SMARTS) is 1. The van der Waals surface area contributed by atoms with Crippen LogP contribution >= 0.6 is 0 Å². The largest absolute Gasteiger partial charge is 1.00 e. The zero-order valence-electron chi connectivity index (χ0n) is 7.00. The van der Waals surface area contributed by atoms with Crippen molar-refractivity contribution in [2.75, 3.05) is 13.2 Å². The number of nitriles is 1. The van der Waals surface area contributed by atoms with Gasteiger partial charge in [0.2, 0.25) is 0 Å². The second kappa shape index (κ2) is 5.32. The number of ether oxygens (including phenoxy) is 1. The Kier molecular flexibility index (Phi) is 5.57. The molecule has 1 fully saturated rings. The van der Waals surface area contributed by atoms with Gasteiger partial charge in [-0.15, -0.1) is 0 Å². The Bertz CT molecular complexity index is 205. The van der Waals surface area contributed by atoms with Gasteiger partial charge in [0.25, 0.3) is 0 Å². The van der Waals surface area contributed by atoms with Gasteiger partial charge in [-0.05, 0) is 12.8 Å². The van der Waals surface area contributed by atoms with Crippen LogP contribution in [0.4, 0.5) is 0 Å². The standard InChI is InChI=1S/C7H9NO3.K/c8-5-7(6(9)10)1-3-11-4-2-7;/h1-4H2,(H,9,10);/q;+1/p-1. The van der Waals surface area contributed by atoms with Crippen LogP contribution in [0.2, 0.25) is 0 Å². The van der Waals surface area contributed by atoms with E-state index in [1.54, 1.807) is 6.07 Å². The van der Waals surface area contributed by atoms with Crippen molar-refractivity contribution in [2.24, 2.45) is 5.41 Å². The van der Waals surface area contributed by atoms with Crippen LogP contribution in [0.25, 0.3) is 0 Å². The molecule has 0 radical (unpaired) electrons. The normalized spacial score (nSPS) is 20.2. The van der Waals surface area contributed by atoms with E-state index in [9.17, 15) is 9.90 Å². The number of carbonyl (C=O) groups is 1. The molecule has 1 rings (SSSR count). The molecule has 5 heteroatoms.